The predicted octanol–water partition coefficient (Wildman–Crippen LogP) is 12.5. The van der Waals surface area contributed by atoms with Gasteiger partial charge in [0.15, 0.2) is 0 Å². The van der Waals surface area contributed by atoms with Crippen LogP contribution in [0.5, 0.6) is 0 Å². The fraction of sp³-hybridized carbons (Fsp3) is 0.182. The summed E-state index contributed by atoms with van der Waals surface area (Å²) in [5, 5.41) is 0. The van der Waals surface area contributed by atoms with Crippen molar-refractivity contribution in [2.75, 3.05) is 0 Å². The highest BCUT2D eigenvalue weighted by molar-refractivity contribution is 5.86. The molecular weight excluding hydrogens is 528 g/mol. The smallest absolute Gasteiger partial charge is 0.0120 e. The van der Waals surface area contributed by atoms with Crippen LogP contribution < -0.4 is 0 Å². The Morgan fingerprint density at radius 1 is 0.182 bits per heavy atom. The molecule has 16 aliphatic rings. The molecule has 0 unspecified atom stereocenters. The van der Waals surface area contributed by atoms with E-state index < -0.39 is 0 Å². The van der Waals surface area contributed by atoms with Gasteiger partial charge in [-0.25, -0.2) is 0 Å². The molecule has 0 saturated carbocycles. The summed E-state index contributed by atoms with van der Waals surface area (Å²) in [5.41, 5.74) is 26.4. The molecule has 44 heavy (non-hydrogen) atoms. The van der Waals surface area contributed by atoms with Crippen molar-refractivity contribution in [1.82, 2.24) is 0 Å². The van der Waals surface area contributed by atoms with Crippen LogP contribution in [0.1, 0.15) is 44.5 Å². The highest BCUT2D eigenvalue weighted by Gasteiger charge is 2.20. The van der Waals surface area contributed by atoms with Gasteiger partial charge in [0, 0.05) is 0 Å². The summed E-state index contributed by atoms with van der Waals surface area (Å²) in [7, 11) is 0. The van der Waals surface area contributed by atoms with Gasteiger partial charge < -0.3 is 0 Å². The van der Waals surface area contributed by atoms with E-state index in [2.05, 4.69) is 152 Å². The average Bonchev–Trinajstić information content (AvgIpc) is 3.04. The summed E-state index contributed by atoms with van der Waals surface area (Å²) in [6.45, 7) is 18.3. The van der Waals surface area contributed by atoms with Gasteiger partial charge in [-0.05, 0) is 167 Å². The van der Waals surface area contributed by atoms with Gasteiger partial charge in [-0.1, -0.05) is 97.1 Å². The fourth-order valence-corrected chi connectivity index (χ4v) is 7.67. The third kappa shape index (κ3) is 4.27. The van der Waals surface area contributed by atoms with Crippen LogP contribution >= 0.6 is 0 Å². The molecule has 6 aromatic carbocycles. The van der Waals surface area contributed by atoms with E-state index in [0.29, 0.717) is 0 Å². The normalized spacial score (nSPS) is 11.6. The summed E-state index contributed by atoms with van der Waals surface area (Å²) in [5.74, 6) is 0. The summed E-state index contributed by atoms with van der Waals surface area (Å²) >= 11 is 0. The maximum Gasteiger partial charge on any atom is -0.0120 e. The quantitative estimate of drug-likeness (QED) is 0.171. The first-order valence-electron chi connectivity index (χ1n) is 15.8. The average molecular weight is 569 g/mol. The minimum absolute atomic E-state index is 1.25. The second kappa shape index (κ2) is 10.5. The predicted molar refractivity (Wildman–Crippen MR) is 191 cm³/mol. The van der Waals surface area contributed by atoms with E-state index in [1.165, 1.54) is 111 Å². The number of hydrogen-bond donors (Lipinski definition) is 0. The zero-order chi connectivity index (χ0) is 30.9. The Morgan fingerprint density at radius 3 is 0.432 bits per heavy atom. The number of benzene rings is 6. The third-order valence-electron chi connectivity index (χ3n) is 10.6. The van der Waals surface area contributed by atoms with Gasteiger partial charge in [-0.2, -0.15) is 0 Å². The Kier molecular flexibility index (Phi) is 6.70. The molecule has 12 bridgehead atoms. The largest absolute Gasteiger partial charge is 0.0538 e. The van der Waals surface area contributed by atoms with Crippen LogP contribution in [0.15, 0.2) is 97.1 Å². The van der Waals surface area contributed by atoms with Gasteiger partial charge in [-0.15, -0.1) is 0 Å². The van der Waals surface area contributed by atoms with Crippen LogP contribution in [0.4, 0.5) is 0 Å². The third-order valence-corrected chi connectivity index (χ3v) is 10.6. The van der Waals surface area contributed by atoms with Crippen LogP contribution in [0, 0.1) is 55.4 Å². The van der Waals surface area contributed by atoms with Crippen molar-refractivity contribution in [3.05, 3.63) is 142 Å². The molecule has 0 amide bonds. The molecule has 0 aromatic heterocycles. The van der Waals surface area contributed by atoms with Crippen molar-refractivity contribution in [2.45, 2.75) is 55.4 Å². The van der Waals surface area contributed by atoms with E-state index in [1.54, 1.807) is 0 Å². The molecule has 0 fully saturated rings. The molecule has 0 heterocycles. The lowest BCUT2D eigenvalue weighted by atomic mass is 9.82. The van der Waals surface area contributed by atoms with Gasteiger partial charge in [0.1, 0.15) is 0 Å². The van der Waals surface area contributed by atoms with Crippen molar-refractivity contribution in [3.8, 4) is 66.8 Å². The van der Waals surface area contributed by atoms with E-state index in [-0.39, 0.29) is 0 Å². The highest BCUT2D eigenvalue weighted by Crippen LogP contribution is 2.42. The van der Waals surface area contributed by atoms with Gasteiger partial charge in [0.2, 0.25) is 0 Å². The SMILES string of the molecule is Cc1c(C)c2c(C)c(C)c1-c1ccc(cc1)-c1ccc(cc1)-c1c(C)c(C)c(c(C)c1C)-c1ccc(cc1)-c1ccc-2cc1. The molecule has 0 radical (unpaired) electrons. The van der Waals surface area contributed by atoms with E-state index in [0.717, 1.165) is 0 Å². The molecule has 0 N–H and O–H groups in total. The first-order chi connectivity index (χ1) is 21.2. The monoisotopic (exact) mass is 568 g/mol. The van der Waals surface area contributed by atoms with Gasteiger partial charge in [0.05, 0.1) is 0 Å². The lowest BCUT2D eigenvalue weighted by Crippen LogP contribution is -2.00. The minimum atomic E-state index is 1.25. The molecule has 16 aliphatic carbocycles. The molecule has 0 heteroatoms. The Hall–Kier alpha value is -4.68. The summed E-state index contributed by atoms with van der Waals surface area (Å²) in [4.78, 5) is 0. The van der Waals surface area contributed by atoms with E-state index in [1.807, 2.05) is 0 Å². The Balaban J connectivity index is 1.48. The van der Waals surface area contributed by atoms with Crippen molar-refractivity contribution in [2.24, 2.45) is 0 Å². The maximum atomic E-state index is 2.30. The highest BCUT2D eigenvalue weighted by atomic mass is 14.2. The molecule has 0 atom stereocenters. The van der Waals surface area contributed by atoms with Crippen molar-refractivity contribution >= 4 is 0 Å². The van der Waals surface area contributed by atoms with Crippen LogP contribution in [0.25, 0.3) is 66.8 Å². The zero-order valence-corrected chi connectivity index (χ0v) is 27.2. The first kappa shape index (κ1) is 28.1. The lowest BCUT2D eigenvalue weighted by Gasteiger charge is -2.22. The second-order valence-electron chi connectivity index (χ2n) is 12.8. The van der Waals surface area contributed by atoms with Gasteiger partial charge in [0.25, 0.3) is 0 Å². The standard InChI is InChI=1S/C44H40/c1-25-26(2)42-28(4)27(3)41(25)37-17-9-33(10-18-37)35-13-21-39(22-14-35)43-29(5)31(7)44(32(8)30(43)6)40-23-15-36(16-24-40)34-11-19-38(42)20-12-34/h9-24H,1-8H3. The van der Waals surface area contributed by atoms with Crippen LogP contribution in [0.2, 0.25) is 0 Å². The molecular formula is C44H40. The van der Waals surface area contributed by atoms with E-state index in [9.17, 15) is 0 Å². The summed E-state index contributed by atoms with van der Waals surface area (Å²) < 4.78 is 0. The molecule has 6 aromatic rings. The summed E-state index contributed by atoms with van der Waals surface area (Å²) in [6.07, 6.45) is 0. The Morgan fingerprint density at radius 2 is 0.295 bits per heavy atom. The van der Waals surface area contributed by atoms with E-state index >= 15 is 0 Å². The van der Waals surface area contributed by atoms with Gasteiger partial charge in [-0.3, -0.25) is 0 Å². The zero-order valence-electron chi connectivity index (χ0n) is 27.2. The minimum Gasteiger partial charge on any atom is -0.0538 e. The Bertz CT molecular complexity index is 1700. The summed E-state index contributed by atoms with van der Waals surface area (Å²) in [6, 6.07) is 36.7. The number of rotatable bonds is 0. The van der Waals surface area contributed by atoms with Gasteiger partial charge >= 0.3 is 0 Å². The van der Waals surface area contributed by atoms with Crippen molar-refractivity contribution < 1.29 is 0 Å². The van der Waals surface area contributed by atoms with Crippen LogP contribution in [-0.4, -0.2) is 0 Å². The van der Waals surface area contributed by atoms with E-state index in [4.69, 9.17) is 0 Å². The maximum absolute atomic E-state index is 2.30. The number of hydrogen-bond acceptors (Lipinski definition) is 0. The lowest BCUT2D eigenvalue weighted by molar-refractivity contribution is 1.24. The molecule has 0 nitrogen and oxygen atoms in total. The van der Waals surface area contributed by atoms with Crippen LogP contribution in [-0.2, 0) is 0 Å². The molecule has 0 saturated heterocycles. The van der Waals surface area contributed by atoms with Crippen LogP contribution in [0.3, 0.4) is 0 Å². The topological polar surface area (TPSA) is 0 Å². The fourth-order valence-electron chi connectivity index (χ4n) is 7.67. The first-order valence-corrected chi connectivity index (χ1v) is 15.8. The molecule has 216 valence electrons. The Labute approximate surface area is 263 Å². The molecule has 22 rings (SSSR count). The molecule has 0 aliphatic heterocycles. The van der Waals surface area contributed by atoms with Crippen molar-refractivity contribution in [1.29, 1.82) is 0 Å². The second-order valence-corrected chi connectivity index (χ2v) is 12.8. The molecule has 0 spiro atoms. The van der Waals surface area contributed by atoms with Crippen molar-refractivity contribution in [3.63, 3.8) is 0 Å².